The zero-order chi connectivity index (χ0) is 12.4. The molecule has 0 aliphatic heterocycles. The van der Waals surface area contributed by atoms with Crippen LogP contribution in [-0.2, 0) is 13.0 Å². The lowest BCUT2D eigenvalue weighted by Gasteiger charge is -2.08. The van der Waals surface area contributed by atoms with Gasteiger partial charge in [0.05, 0.1) is 13.8 Å². The van der Waals surface area contributed by atoms with Crippen LogP contribution in [0.4, 0.5) is 0 Å². The molecule has 0 aromatic carbocycles. The number of aryl methyl sites for hydroxylation is 1. The molecule has 2 heterocycles. The fourth-order valence-corrected chi connectivity index (χ4v) is 4.66. The second-order valence-corrected chi connectivity index (χ2v) is 7.54. The van der Waals surface area contributed by atoms with Gasteiger partial charge in [-0.2, -0.15) is 5.10 Å². The lowest BCUT2D eigenvalue weighted by atomic mass is 10.1. The van der Waals surface area contributed by atoms with Crippen molar-refractivity contribution in [2.45, 2.75) is 25.9 Å². The quantitative estimate of drug-likeness (QED) is 0.880. The summed E-state index contributed by atoms with van der Waals surface area (Å²) >= 11 is 8.66. The van der Waals surface area contributed by atoms with Crippen LogP contribution in [0.2, 0.25) is 0 Å². The Morgan fingerprint density at radius 3 is 2.82 bits per heavy atom. The summed E-state index contributed by atoms with van der Waals surface area (Å²) in [6.07, 6.45) is 4.75. The van der Waals surface area contributed by atoms with E-state index in [0.29, 0.717) is 0 Å². The Morgan fingerprint density at radius 2 is 2.29 bits per heavy atom. The van der Waals surface area contributed by atoms with E-state index in [9.17, 15) is 0 Å². The lowest BCUT2D eigenvalue weighted by molar-refractivity contribution is 0.657. The predicted octanol–water partition coefficient (Wildman–Crippen LogP) is 3.73. The summed E-state index contributed by atoms with van der Waals surface area (Å²) in [5, 5.41) is 4.25. The molecule has 0 spiro atoms. The summed E-state index contributed by atoms with van der Waals surface area (Å²) in [5.74, 6) is 0. The molecular weight excluding hydrogens is 366 g/mol. The van der Waals surface area contributed by atoms with E-state index in [4.69, 9.17) is 5.73 Å². The summed E-state index contributed by atoms with van der Waals surface area (Å²) in [4.78, 5) is 0. The van der Waals surface area contributed by atoms with Gasteiger partial charge in [0.25, 0.3) is 0 Å². The topological polar surface area (TPSA) is 43.8 Å². The first-order chi connectivity index (χ1) is 8.10. The zero-order valence-corrected chi connectivity index (χ0v) is 13.3. The van der Waals surface area contributed by atoms with E-state index in [1.807, 2.05) is 10.9 Å². The van der Waals surface area contributed by atoms with Crippen LogP contribution in [0.5, 0.6) is 0 Å². The minimum atomic E-state index is 0.00133. The number of nitrogens with zero attached hydrogens (tertiary/aromatic N) is 2. The second-order valence-electron chi connectivity index (χ2n) is 3.79. The fourth-order valence-electron chi connectivity index (χ4n) is 1.65. The van der Waals surface area contributed by atoms with Gasteiger partial charge in [-0.25, -0.2) is 0 Å². The van der Waals surface area contributed by atoms with E-state index in [-0.39, 0.29) is 6.04 Å². The number of halogens is 2. The van der Waals surface area contributed by atoms with Gasteiger partial charge < -0.3 is 5.73 Å². The first kappa shape index (κ1) is 13.3. The first-order valence-corrected chi connectivity index (χ1v) is 7.72. The van der Waals surface area contributed by atoms with Gasteiger partial charge in [-0.15, -0.1) is 11.3 Å². The highest BCUT2D eigenvalue weighted by atomic mass is 79.9. The number of aromatic nitrogens is 2. The van der Waals surface area contributed by atoms with Crippen molar-refractivity contribution < 1.29 is 0 Å². The van der Waals surface area contributed by atoms with Crippen LogP contribution in [0.25, 0.3) is 0 Å². The van der Waals surface area contributed by atoms with Gasteiger partial charge in [-0.3, -0.25) is 4.68 Å². The molecule has 2 N–H and O–H groups in total. The molecule has 0 aliphatic rings. The molecule has 2 aromatic rings. The molecule has 6 heteroatoms. The van der Waals surface area contributed by atoms with Crippen molar-refractivity contribution in [2.75, 3.05) is 0 Å². The van der Waals surface area contributed by atoms with E-state index in [0.717, 1.165) is 26.1 Å². The third-order valence-electron chi connectivity index (χ3n) is 2.55. The molecule has 0 amide bonds. The summed E-state index contributed by atoms with van der Waals surface area (Å²) in [6, 6.07) is 2.07. The van der Waals surface area contributed by atoms with Crippen molar-refractivity contribution in [3.8, 4) is 0 Å². The van der Waals surface area contributed by atoms with Crippen molar-refractivity contribution in [3.05, 3.63) is 37.2 Å². The van der Waals surface area contributed by atoms with Crippen LogP contribution in [-0.4, -0.2) is 9.78 Å². The molecule has 0 saturated heterocycles. The maximum atomic E-state index is 6.21. The van der Waals surface area contributed by atoms with E-state index in [1.165, 1.54) is 5.56 Å². The lowest BCUT2D eigenvalue weighted by Crippen LogP contribution is -2.12. The largest absolute Gasteiger partial charge is 0.324 e. The number of thiophene rings is 1. The average molecular weight is 379 g/mol. The normalized spacial score (nSPS) is 12.9. The van der Waals surface area contributed by atoms with Crippen molar-refractivity contribution in [1.29, 1.82) is 0 Å². The molecule has 2 aromatic heterocycles. The minimum absolute atomic E-state index is 0.00133. The molecule has 92 valence electrons. The molecule has 0 saturated carbocycles. The number of hydrogen-bond acceptors (Lipinski definition) is 3. The maximum Gasteiger partial charge on any atom is 0.0758 e. The van der Waals surface area contributed by atoms with Gasteiger partial charge in [0.2, 0.25) is 0 Å². The fraction of sp³-hybridized carbons (Fsp3) is 0.364. The molecular formula is C11H13Br2N3S. The summed E-state index contributed by atoms with van der Waals surface area (Å²) < 4.78 is 4.11. The Bertz CT molecular complexity index is 507. The highest BCUT2D eigenvalue weighted by Gasteiger charge is 2.14. The number of rotatable bonds is 4. The minimum Gasteiger partial charge on any atom is -0.324 e. The highest BCUT2D eigenvalue weighted by Crippen LogP contribution is 2.35. The third kappa shape index (κ3) is 3.19. The molecule has 0 aliphatic carbocycles. The Morgan fingerprint density at radius 1 is 1.53 bits per heavy atom. The monoisotopic (exact) mass is 377 g/mol. The van der Waals surface area contributed by atoms with Crippen molar-refractivity contribution in [1.82, 2.24) is 9.78 Å². The standard InChI is InChI=1S/C11H13Br2N3S/c1-2-16-6-7(5-15-16)3-9(14)8-4-10(12)17-11(8)13/h4-6,9H,2-3,14H2,1H3. The Balaban J connectivity index is 2.11. The molecule has 3 nitrogen and oxygen atoms in total. The second kappa shape index (κ2) is 5.65. The van der Waals surface area contributed by atoms with Gasteiger partial charge >= 0.3 is 0 Å². The number of hydrogen-bond donors (Lipinski definition) is 1. The Hall–Kier alpha value is -0.170. The average Bonchev–Trinajstić information content (AvgIpc) is 2.85. The van der Waals surface area contributed by atoms with E-state index in [1.54, 1.807) is 11.3 Å². The van der Waals surface area contributed by atoms with Crippen LogP contribution in [0, 0.1) is 0 Å². The molecule has 2 rings (SSSR count). The van der Waals surface area contributed by atoms with Crippen molar-refractivity contribution in [2.24, 2.45) is 5.73 Å². The Labute approximate surface area is 121 Å². The van der Waals surface area contributed by atoms with Gasteiger partial charge in [0.1, 0.15) is 0 Å². The van der Waals surface area contributed by atoms with Gasteiger partial charge in [0, 0.05) is 18.8 Å². The van der Waals surface area contributed by atoms with Gasteiger partial charge in [0.15, 0.2) is 0 Å². The van der Waals surface area contributed by atoms with Crippen LogP contribution in [0.1, 0.15) is 24.1 Å². The van der Waals surface area contributed by atoms with Crippen LogP contribution in [0.15, 0.2) is 26.0 Å². The molecule has 1 unspecified atom stereocenters. The molecule has 17 heavy (non-hydrogen) atoms. The van der Waals surface area contributed by atoms with Crippen LogP contribution >= 0.6 is 43.2 Å². The maximum absolute atomic E-state index is 6.21. The summed E-state index contributed by atoms with van der Waals surface area (Å²) in [7, 11) is 0. The molecule has 1 atom stereocenters. The van der Waals surface area contributed by atoms with Crippen molar-refractivity contribution in [3.63, 3.8) is 0 Å². The van der Waals surface area contributed by atoms with Crippen LogP contribution in [0.3, 0.4) is 0 Å². The third-order valence-corrected chi connectivity index (χ3v) is 4.93. The summed E-state index contributed by atoms with van der Waals surface area (Å²) in [6.45, 7) is 2.96. The highest BCUT2D eigenvalue weighted by molar-refractivity contribution is 9.12. The zero-order valence-electron chi connectivity index (χ0n) is 9.36. The smallest absolute Gasteiger partial charge is 0.0758 e. The van der Waals surface area contributed by atoms with Crippen molar-refractivity contribution >= 4 is 43.2 Å². The molecule has 0 fully saturated rings. The molecule has 0 bridgehead atoms. The number of nitrogens with two attached hydrogens (primary N) is 1. The van der Waals surface area contributed by atoms with Crippen LogP contribution < -0.4 is 5.73 Å². The SMILES string of the molecule is CCn1cc(CC(N)c2cc(Br)sc2Br)cn1. The van der Waals surface area contributed by atoms with E-state index >= 15 is 0 Å². The van der Waals surface area contributed by atoms with Gasteiger partial charge in [-0.1, -0.05) is 0 Å². The Kier molecular flexibility index (Phi) is 4.41. The van der Waals surface area contributed by atoms with E-state index in [2.05, 4.69) is 56.1 Å². The first-order valence-electron chi connectivity index (χ1n) is 5.31. The summed E-state index contributed by atoms with van der Waals surface area (Å²) in [5.41, 5.74) is 8.53. The van der Waals surface area contributed by atoms with E-state index < -0.39 is 0 Å². The predicted molar refractivity (Wildman–Crippen MR) is 78.3 cm³/mol. The van der Waals surface area contributed by atoms with Gasteiger partial charge in [-0.05, 0) is 62.4 Å². The molecule has 0 radical (unpaired) electrons.